The van der Waals surface area contributed by atoms with Crippen molar-refractivity contribution < 1.29 is 8.42 Å². The minimum atomic E-state index is -3.61. The molecule has 1 aliphatic rings. The van der Waals surface area contributed by atoms with E-state index in [0.29, 0.717) is 13.1 Å². The zero-order valence-electron chi connectivity index (χ0n) is 15.2. The first-order valence-electron chi connectivity index (χ1n) is 8.74. The lowest BCUT2D eigenvalue weighted by atomic mass is 10.0. The first-order chi connectivity index (χ1) is 12.2. The average molecular weight is 373 g/mol. The Labute approximate surface area is 153 Å². The lowest BCUT2D eigenvalue weighted by Crippen LogP contribution is -2.35. The number of hydrogen-bond acceptors (Lipinski definition) is 4. The van der Waals surface area contributed by atoms with Gasteiger partial charge in [-0.3, -0.25) is 4.98 Å². The van der Waals surface area contributed by atoms with Crippen molar-refractivity contribution in [3.63, 3.8) is 0 Å². The Kier molecular flexibility index (Phi) is 4.02. The van der Waals surface area contributed by atoms with E-state index in [1.165, 1.54) is 15.4 Å². The molecule has 8 heteroatoms. The molecule has 3 aromatic rings. The van der Waals surface area contributed by atoms with Gasteiger partial charge in [0.15, 0.2) is 0 Å². The molecule has 138 valence electrons. The third kappa shape index (κ3) is 2.87. The smallest absolute Gasteiger partial charge is 0.276 e. The molecule has 0 aliphatic carbocycles. The van der Waals surface area contributed by atoms with Gasteiger partial charge in [0.05, 0.1) is 17.2 Å². The van der Waals surface area contributed by atoms with E-state index in [1.54, 1.807) is 0 Å². The Balaban J connectivity index is 1.79. The van der Waals surface area contributed by atoms with Gasteiger partial charge in [0.2, 0.25) is 0 Å². The number of nitrogens with zero attached hydrogens (tertiary/aromatic N) is 4. The molecule has 1 aliphatic heterocycles. The summed E-state index contributed by atoms with van der Waals surface area (Å²) in [5.41, 5.74) is 5.34. The minimum Gasteiger partial charge on any atom is -0.327 e. The van der Waals surface area contributed by atoms with Crippen LogP contribution in [0.3, 0.4) is 0 Å². The summed E-state index contributed by atoms with van der Waals surface area (Å²) in [5.74, 6) is 1.14. The molecule has 0 amide bonds. The normalized spacial score (nSPS) is 19.0. The zero-order valence-corrected chi connectivity index (χ0v) is 16.0. The molecule has 0 saturated carbocycles. The molecule has 1 unspecified atom stereocenters. The number of rotatable bonds is 3. The van der Waals surface area contributed by atoms with Crippen molar-refractivity contribution in [2.24, 2.45) is 11.1 Å². The number of hydrogen-bond donors (Lipinski definition) is 1. The highest BCUT2D eigenvalue weighted by Crippen LogP contribution is 2.29. The van der Waals surface area contributed by atoms with Gasteiger partial charge in [-0.05, 0) is 56.4 Å². The van der Waals surface area contributed by atoms with Crippen molar-refractivity contribution in [2.45, 2.75) is 33.7 Å². The number of pyridine rings is 1. The highest BCUT2D eigenvalue weighted by molar-refractivity contribution is 7.86. The van der Waals surface area contributed by atoms with Crippen LogP contribution in [0.25, 0.3) is 21.9 Å². The van der Waals surface area contributed by atoms with Gasteiger partial charge < -0.3 is 4.57 Å². The number of aromatic nitrogens is 3. The number of aryl methyl sites for hydroxylation is 3. The van der Waals surface area contributed by atoms with Crippen LogP contribution in [0.4, 0.5) is 0 Å². The molecule has 1 atom stereocenters. The predicted octanol–water partition coefficient (Wildman–Crippen LogP) is 2.04. The molecule has 0 bridgehead atoms. The molecule has 7 nitrogen and oxygen atoms in total. The van der Waals surface area contributed by atoms with Gasteiger partial charge in [0.1, 0.15) is 11.3 Å². The Bertz CT molecular complexity index is 1120. The lowest BCUT2D eigenvalue weighted by molar-refractivity contribution is 0.430. The van der Waals surface area contributed by atoms with Crippen LogP contribution in [0.2, 0.25) is 0 Å². The molecule has 1 fully saturated rings. The van der Waals surface area contributed by atoms with Crippen molar-refractivity contribution in [2.75, 3.05) is 13.1 Å². The fraction of sp³-hybridized carbons (Fsp3) is 0.444. The van der Waals surface area contributed by atoms with Gasteiger partial charge in [-0.25, -0.2) is 10.1 Å². The molecule has 1 aromatic carbocycles. The van der Waals surface area contributed by atoms with Crippen LogP contribution in [-0.4, -0.2) is 40.3 Å². The largest absolute Gasteiger partial charge is 0.327 e. The molecular weight excluding hydrogens is 350 g/mol. The molecular formula is C18H23N5O2S. The summed E-state index contributed by atoms with van der Waals surface area (Å²) in [6.07, 6.45) is 2.62. The maximum Gasteiger partial charge on any atom is 0.276 e. The highest BCUT2D eigenvalue weighted by atomic mass is 32.2. The summed E-state index contributed by atoms with van der Waals surface area (Å²) in [6.45, 7) is 7.83. The monoisotopic (exact) mass is 373 g/mol. The second-order valence-electron chi connectivity index (χ2n) is 7.27. The van der Waals surface area contributed by atoms with Crippen molar-refractivity contribution in [1.29, 1.82) is 0 Å². The second kappa shape index (κ2) is 6.00. The predicted molar refractivity (Wildman–Crippen MR) is 102 cm³/mol. The maximum atomic E-state index is 11.6. The molecule has 1 saturated heterocycles. The van der Waals surface area contributed by atoms with E-state index in [4.69, 9.17) is 5.14 Å². The van der Waals surface area contributed by atoms with Crippen LogP contribution >= 0.6 is 0 Å². The van der Waals surface area contributed by atoms with Crippen LogP contribution < -0.4 is 5.14 Å². The molecule has 3 heterocycles. The molecule has 2 N–H and O–H groups in total. The topological polar surface area (TPSA) is 94.1 Å². The average Bonchev–Trinajstić information content (AvgIpc) is 3.14. The molecule has 0 spiro atoms. The fourth-order valence-electron chi connectivity index (χ4n) is 3.85. The molecule has 0 radical (unpaired) electrons. The third-order valence-corrected chi connectivity index (χ3v) is 6.48. The van der Waals surface area contributed by atoms with E-state index in [0.717, 1.165) is 40.7 Å². The maximum absolute atomic E-state index is 11.6. The van der Waals surface area contributed by atoms with E-state index < -0.39 is 10.2 Å². The number of nitrogens with two attached hydrogens (primary N) is 1. The van der Waals surface area contributed by atoms with Gasteiger partial charge in [0.25, 0.3) is 10.2 Å². The number of fused-ring (bicyclic) bond motifs is 3. The Morgan fingerprint density at radius 2 is 1.92 bits per heavy atom. The van der Waals surface area contributed by atoms with Crippen LogP contribution in [0.15, 0.2) is 18.3 Å². The van der Waals surface area contributed by atoms with E-state index in [9.17, 15) is 8.42 Å². The first-order valence-corrected chi connectivity index (χ1v) is 10.2. The van der Waals surface area contributed by atoms with E-state index in [-0.39, 0.29) is 5.92 Å². The van der Waals surface area contributed by atoms with Crippen LogP contribution in [0.5, 0.6) is 0 Å². The highest BCUT2D eigenvalue weighted by Gasteiger charge is 2.30. The van der Waals surface area contributed by atoms with Crippen molar-refractivity contribution in [3.8, 4) is 0 Å². The summed E-state index contributed by atoms with van der Waals surface area (Å²) in [6, 6.07) is 4.28. The molecule has 2 aromatic heterocycles. The van der Waals surface area contributed by atoms with Gasteiger partial charge in [-0.2, -0.15) is 12.7 Å². The zero-order chi connectivity index (χ0) is 18.6. The summed E-state index contributed by atoms with van der Waals surface area (Å²) in [4.78, 5) is 9.23. The van der Waals surface area contributed by atoms with E-state index in [2.05, 4.69) is 40.5 Å². The van der Waals surface area contributed by atoms with Gasteiger partial charge >= 0.3 is 0 Å². The fourth-order valence-corrected chi connectivity index (χ4v) is 4.63. The van der Waals surface area contributed by atoms with E-state index in [1.807, 2.05) is 13.1 Å². The van der Waals surface area contributed by atoms with Crippen molar-refractivity contribution >= 4 is 32.1 Å². The summed E-state index contributed by atoms with van der Waals surface area (Å²) >= 11 is 0. The summed E-state index contributed by atoms with van der Waals surface area (Å²) < 4.78 is 26.7. The third-order valence-electron chi connectivity index (χ3n) is 5.43. The second-order valence-corrected chi connectivity index (χ2v) is 8.82. The van der Waals surface area contributed by atoms with Crippen molar-refractivity contribution in [3.05, 3.63) is 35.3 Å². The molecule has 26 heavy (non-hydrogen) atoms. The van der Waals surface area contributed by atoms with Gasteiger partial charge in [-0.1, -0.05) is 0 Å². The number of imidazole rings is 1. The lowest BCUT2D eigenvalue weighted by Gasteiger charge is -2.15. The van der Waals surface area contributed by atoms with Crippen LogP contribution in [0.1, 0.15) is 23.4 Å². The van der Waals surface area contributed by atoms with Gasteiger partial charge in [0, 0.05) is 25.0 Å². The van der Waals surface area contributed by atoms with Crippen LogP contribution in [0, 0.1) is 26.7 Å². The van der Waals surface area contributed by atoms with Crippen molar-refractivity contribution in [1.82, 2.24) is 18.8 Å². The van der Waals surface area contributed by atoms with E-state index >= 15 is 0 Å². The molecule has 4 rings (SSSR count). The Hall–Kier alpha value is -2.03. The Morgan fingerprint density at radius 3 is 2.62 bits per heavy atom. The quantitative estimate of drug-likeness (QED) is 0.760. The summed E-state index contributed by atoms with van der Waals surface area (Å²) in [7, 11) is -3.61. The van der Waals surface area contributed by atoms with Gasteiger partial charge in [-0.15, -0.1) is 0 Å². The van der Waals surface area contributed by atoms with Crippen LogP contribution in [-0.2, 0) is 16.8 Å². The minimum absolute atomic E-state index is 0.221. The summed E-state index contributed by atoms with van der Waals surface area (Å²) in [5, 5.41) is 6.36. The standard InChI is InChI=1S/C18H23N5O2S/c1-11-6-15-16(7-12(11)2)20-8-17-18(15)23(13(3)21-17)10-14-4-5-22(9-14)26(19,24)25/h6-8,14H,4-5,9-10H2,1-3H3,(H2,19,24,25). The number of benzene rings is 1. The first kappa shape index (κ1) is 17.4. The Morgan fingerprint density at radius 1 is 1.19 bits per heavy atom. The SMILES string of the molecule is Cc1cc2ncc3nc(C)n(CC4CCN(S(N)(=O)=O)C4)c3c2cc1C.